The Hall–Kier alpha value is -4.27. The molecule has 1 N–H and O–H groups in total. The molecule has 0 saturated carbocycles. The number of nitrogens with one attached hydrogen (secondary N) is 1. The van der Waals surface area contributed by atoms with Gasteiger partial charge in [0.05, 0.1) is 12.8 Å². The third kappa shape index (κ3) is 3.68. The standard InChI is InChI=1S/C21H16FN5O3/c1-30-21(29)17-13-19(27(25-17)15-6-3-2-4-7-15)20(28)24-14-8-9-18(16(22)12-14)26-11-5-10-23-26/h2-13H,1H3,(H,24,28). The molecule has 0 aliphatic heterocycles. The molecule has 0 aliphatic carbocycles. The average molecular weight is 405 g/mol. The Balaban J connectivity index is 1.65. The van der Waals surface area contributed by atoms with Crippen molar-refractivity contribution in [2.24, 2.45) is 0 Å². The fourth-order valence-electron chi connectivity index (χ4n) is 2.89. The van der Waals surface area contributed by atoms with Crippen LogP contribution in [0.15, 0.2) is 73.1 Å². The van der Waals surface area contributed by atoms with E-state index < -0.39 is 17.7 Å². The van der Waals surface area contributed by atoms with Gasteiger partial charge in [0, 0.05) is 24.1 Å². The van der Waals surface area contributed by atoms with E-state index >= 15 is 0 Å². The van der Waals surface area contributed by atoms with Gasteiger partial charge in [-0.3, -0.25) is 4.79 Å². The van der Waals surface area contributed by atoms with Crippen molar-refractivity contribution in [2.75, 3.05) is 12.4 Å². The Labute approximate surface area is 170 Å². The summed E-state index contributed by atoms with van der Waals surface area (Å²) in [7, 11) is 1.23. The molecule has 0 atom stereocenters. The molecule has 2 aromatic carbocycles. The third-order valence-electron chi connectivity index (χ3n) is 4.29. The largest absolute Gasteiger partial charge is 0.464 e. The monoisotopic (exact) mass is 405 g/mol. The van der Waals surface area contributed by atoms with E-state index in [2.05, 4.69) is 15.5 Å². The lowest BCUT2D eigenvalue weighted by molar-refractivity contribution is 0.0593. The summed E-state index contributed by atoms with van der Waals surface area (Å²) >= 11 is 0. The summed E-state index contributed by atoms with van der Waals surface area (Å²) in [5.74, 6) is -1.79. The number of nitrogens with zero attached hydrogens (tertiary/aromatic N) is 4. The number of benzene rings is 2. The molecular weight excluding hydrogens is 389 g/mol. The second-order valence-corrected chi connectivity index (χ2v) is 6.22. The smallest absolute Gasteiger partial charge is 0.358 e. The number of methoxy groups -OCH3 is 1. The lowest BCUT2D eigenvalue weighted by Gasteiger charge is -2.10. The number of hydrogen-bond donors (Lipinski definition) is 1. The number of ether oxygens (including phenoxy) is 1. The van der Waals surface area contributed by atoms with E-state index in [9.17, 15) is 14.0 Å². The summed E-state index contributed by atoms with van der Waals surface area (Å²) in [6.45, 7) is 0. The summed E-state index contributed by atoms with van der Waals surface area (Å²) in [5.41, 5.74) is 1.15. The Morgan fingerprint density at radius 2 is 1.87 bits per heavy atom. The highest BCUT2D eigenvalue weighted by Gasteiger charge is 2.21. The number of esters is 1. The minimum absolute atomic E-state index is 0.0216. The minimum atomic E-state index is -0.673. The number of anilines is 1. The summed E-state index contributed by atoms with van der Waals surface area (Å²) in [4.78, 5) is 24.8. The summed E-state index contributed by atoms with van der Waals surface area (Å²) in [5, 5.41) is 10.8. The number of carbonyl (C=O) groups is 2. The van der Waals surface area contributed by atoms with E-state index in [0.717, 1.165) is 0 Å². The predicted molar refractivity (Wildman–Crippen MR) is 106 cm³/mol. The first-order valence-corrected chi connectivity index (χ1v) is 8.91. The first kappa shape index (κ1) is 19.1. The van der Waals surface area contributed by atoms with Gasteiger partial charge in [-0.25, -0.2) is 18.5 Å². The number of rotatable bonds is 5. The molecule has 4 rings (SSSR count). The number of halogens is 1. The van der Waals surface area contributed by atoms with Crippen molar-refractivity contribution in [2.45, 2.75) is 0 Å². The molecule has 8 nitrogen and oxygen atoms in total. The van der Waals surface area contributed by atoms with E-state index in [1.54, 1.807) is 48.8 Å². The number of hydrogen-bond acceptors (Lipinski definition) is 5. The molecule has 4 aromatic rings. The Bertz CT molecular complexity index is 1200. The van der Waals surface area contributed by atoms with Crippen LogP contribution in [0.2, 0.25) is 0 Å². The van der Waals surface area contributed by atoms with Crippen LogP contribution < -0.4 is 5.32 Å². The molecule has 0 saturated heterocycles. The van der Waals surface area contributed by atoms with Crippen LogP contribution in [0.5, 0.6) is 0 Å². The van der Waals surface area contributed by atoms with Crippen molar-refractivity contribution in [1.82, 2.24) is 19.6 Å². The molecule has 2 aromatic heterocycles. The summed E-state index contributed by atoms with van der Waals surface area (Å²) in [6.07, 6.45) is 3.15. The van der Waals surface area contributed by atoms with Crippen molar-refractivity contribution in [3.63, 3.8) is 0 Å². The van der Waals surface area contributed by atoms with Crippen LogP contribution >= 0.6 is 0 Å². The van der Waals surface area contributed by atoms with Crippen molar-refractivity contribution in [3.05, 3.63) is 90.3 Å². The maximum absolute atomic E-state index is 14.5. The van der Waals surface area contributed by atoms with Gasteiger partial charge < -0.3 is 10.1 Å². The molecular formula is C21H16FN5O3. The zero-order valence-corrected chi connectivity index (χ0v) is 15.8. The molecule has 150 valence electrons. The maximum Gasteiger partial charge on any atom is 0.358 e. The number of amides is 1. The lowest BCUT2D eigenvalue weighted by Crippen LogP contribution is -2.17. The van der Waals surface area contributed by atoms with Gasteiger partial charge in [0.1, 0.15) is 11.4 Å². The van der Waals surface area contributed by atoms with Gasteiger partial charge in [-0.15, -0.1) is 0 Å². The van der Waals surface area contributed by atoms with Gasteiger partial charge in [-0.05, 0) is 36.4 Å². The highest BCUT2D eigenvalue weighted by molar-refractivity contribution is 6.04. The Morgan fingerprint density at radius 1 is 1.07 bits per heavy atom. The van der Waals surface area contributed by atoms with Crippen molar-refractivity contribution >= 4 is 17.6 Å². The van der Waals surface area contributed by atoms with Crippen LogP contribution in [0.25, 0.3) is 11.4 Å². The summed E-state index contributed by atoms with van der Waals surface area (Å²) < 4.78 is 21.9. The normalized spacial score (nSPS) is 10.6. The number of carbonyl (C=O) groups excluding carboxylic acids is 2. The first-order chi connectivity index (χ1) is 14.6. The van der Waals surface area contributed by atoms with Gasteiger partial charge in [-0.1, -0.05) is 18.2 Å². The van der Waals surface area contributed by atoms with Crippen LogP contribution in [0.4, 0.5) is 10.1 Å². The van der Waals surface area contributed by atoms with Crippen molar-refractivity contribution in [3.8, 4) is 11.4 Å². The van der Waals surface area contributed by atoms with Crippen LogP contribution in [-0.2, 0) is 4.74 Å². The highest BCUT2D eigenvalue weighted by Crippen LogP contribution is 2.20. The highest BCUT2D eigenvalue weighted by atomic mass is 19.1. The van der Waals surface area contributed by atoms with E-state index in [4.69, 9.17) is 4.74 Å². The molecule has 0 bridgehead atoms. The number of aromatic nitrogens is 4. The predicted octanol–water partition coefficient (Wildman–Crippen LogP) is 3.24. The minimum Gasteiger partial charge on any atom is -0.464 e. The Morgan fingerprint density at radius 3 is 2.53 bits per heavy atom. The fraction of sp³-hybridized carbons (Fsp3) is 0.0476. The maximum atomic E-state index is 14.5. The van der Waals surface area contributed by atoms with Crippen LogP contribution in [0.1, 0.15) is 21.0 Å². The zero-order valence-electron chi connectivity index (χ0n) is 15.8. The molecule has 9 heteroatoms. The molecule has 30 heavy (non-hydrogen) atoms. The van der Waals surface area contributed by atoms with Gasteiger partial charge in [0.2, 0.25) is 0 Å². The molecule has 2 heterocycles. The molecule has 0 fully saturated rings. The second-order valence-electron chi connectivity index (χ2n) is 6.22. The zero-order chi connectivity index (χ0) is 21.1. The molecule has 0 spiro atoms. The molecule has 0 unspecified atom stereocenters. The molecule has 1 amide bonds. The summed E-state index contributed by atoms with van der Waals surface area (Å²) in [6, 6.07) is 16.1. The number of para-hydroxylation sites is 1. The van der Waals surface area contributed by atoms with Crippen molar-refractivity contribution < 1.29 is 18.7 Å². The lowest BCUT2D eigenvalue weighted by atomic mass is 10.2. The average Bonchev–Trinajstić information content (AvgIpc) is 3.44. The quantitative estimate of drug-likeness (QED) is 0.515. The van der Waals surface area contributed by atoms with E-state index in [1.165, 1.54) is 34.7 Å². The Kier molecular flexibility index (Phi) is 5.08. The van der Waals surface area contributed by atoms with Gasteiger partial charge in [0.15, 0.2) is 11.5 Å². The molecule has 0 aliphatic rings. The molecule has 0 radical (unpaired) electrons. The fourth-order valence-corrected chi connectivity index (χ4v) is 2.89. The van der Waals surface area contributed by atoms with Crippen LogP contribution in [0.3, 0.4) is 0 Å². The second kappa shape index (κ2) is 8.00. The first-order valence-electron chi connectivity index (χ1n) is 8.91. The van der Waals surface area contributed by atoms with E-state index in [1.807, 2.05) is 6.07 Å². The third-order valence-corrected chi connectivity index (χ3v) is 4.29. The van der Waals surface area contributed by atoms with E-state index in [-0.39, 0.29) is 22.8 Å². The van der Waals surface area contributed by atoms with Crippen LogP contribution in [-0.4, -0.2) is 38.5 Å². The van der Waals surface area contributed by atoms with Gasteiger partial charge in [0.25, 0.3) is 5.91 Å². The SMILES string of the molecule is COC(=O)c1cc(C(=O)Nc2ccc(-n3cccn3)c(F)c2)n(-c2ccccc2)n1. The van der Waals surface area contributed by atoms with Gasteiger partial charge >= 0.3 is 5.97 Å². The van der Waals surface area contributed by atoms with Crippen molar-refractivity contribution in [1.29, 1.82) is 0 Å². The topological polar surface area (TPSA) is 91.0 Å². The van der Waals surface area contributed by atoms with Gasteiger partial charge in [-0.2, -0.15) is 10.2 Å². The van der Waals surface area contributed by atoms with Crippen LogP contribution in [0, 0.1) is 5.82 Å². The van der Waals surface area contributed by atoms with E-state index in [0.29, 0.717) is 5.69 Å².